The Morgan fingerprint density at radius 2 is 1.94 bits per heavy atom. The van der Waals surface area contributed by atoms with Gasteiger partial charge in [-0.15, -0.1) is 24.9 Å². The average Bonchev–Trinajstić information content (AvgIpc) is 3.50. The standard InChI is InChI=1S/C23H18F3N3O5S2/c24-23(25,26)34-15-4-2-14(3-5-15)29-21(31)20-16(7-8-35-20)28-22(29)36-11-19(30)27-10-13-1-6-17-18(9-13)33-12-32-17/h1-6,9H,7-8,10-12H2,(H,27,30). The number of halogens is 3. The van der Waals surface area contributed by atoms with E-state index in [9.17, 15) is 22.8 Å². The van der Waals surface area contributed by atoms with Gasteiger partial charge in [0.05, 0.1) is 22.0 Å². The summed E-state index contributed by atoms with van der Waals surface area (Å²) < 4.78 is 53.4. The molecule has 8 nitrogen and oxygen atoms in total. The maximum atomic E-state index is 13.2. The maximum absolute atomic E-state index is 13.2. The van der Waals surface area contributed by atoms with Crippen molar-refractivity contribution < 1.29 is 32.2 Å². The lowest BCUT2D eigenvalue weighted by Crippen LogP contribution is -2.27. The van der Waals surface area contributed by atoms with Gasteiger partial charge in [-0.2, -0.15) is 0 Å². The fraction of sp³-hybridized carbons (Fsp3) is 0.261. The first kappa shape index (κ1) is 24.4. The molecule has 0 aliphatic carbocycles. The Morgan fingerprint density at radius 3 is 2.72 bits per heavy atom. The minimum absolute atomic E-state index is 0.0157. The van der Waals surface area contributed by atoms with Crippen molar-refractivity contribution in [2.24, 2.45) is 0 Å². The van der Waals surface area contributed by atoms with Gasteiger partial charge in [0.15, 0.2) is 16.7 Å². The number of carbonyl (C=O) groups is 1. The number of thioether (sulfide) groups is 2. The molecule has 0 atom stereocenters. The van der Waals surface area contributed by atoms with E-state index in [2.05, 4.69) is 15.0 Å². The number of hydrogen-bond acceptors (Lipinski definition) is 8. The summed E-state index contributed by atoms with van der Waals surface area (Å²) in [4.78, 5) is 30.8. The second kappa shape index (κ2) is 9.97. The fourth-order valence-corrected chi connectivity index (χ4v) is 5.53. The molecule has 3 aromatic rings. The number of rotatable bonds is 7. The smallest absolute Gasteiger partial charge is 0.454 e. The highest BCUT2D eigenvalue weighted by atomic mass is 32.2. The van der Waals surface area contributed by atoms with E-state index in [1.807, 2.05) is 6.07 Å². The molecule has 0 unspecified atom stereocenters. The van der Waals surface area contributed by atoms with Crippen LogP contribution in [0.2, 0.25) is 0 Å². The summed E-state index contributed by atoms with van der Waals surface area (Å²) in [6.45, 7) is 0.436. The lowest BCUT2D eigenvalue weighted by Gasteiger charge is -2.15. The van der Waals surface area contributed by atoms with Crippen LogP contribution in [0.4, 0.5) is 13.2 Å². The number of amides is 1. The molecule has 2 aliphatic heterocycles. The van der Waals surface area contributed by atoms with Crippen LogP contribution in [0.15, 0.2) is 57.3 Å². The second-order valence-electron chi connectivity index (χ2n) is 7.70. The minimum Gasteiger partial charge on any atom is -0.454 e. The van der Waals surface area contributed by atoms with E-state index in [-0.39, 0.29) is 35.7 Å². The van der Waals surface area contributed by atoms with Gasteiger partial charge in [-0.3, -0.25) is 14.2 Å². The van der Waals surface area contributed by atoms with Gasteiger partial charge in [-0.1, -0.05) is 17.8 Å². The van der Waals surface area contributed by atoms with E-state index >= 15 is 0 Å². The van der Waals surface area contributed by atoms with Crippen LogP contribution < -0.4 is 25.1 Å². The number of ether oxygens (including phenoxy) is 3. The molecule has 1 aromatic heterocycles. The number of benzene rings is 2. The number of nitrogens with zero attached hydrogens (tertiary/aromatic N) is 2. The topological polar surface area (TPSA) is 91.7 Å². The Bertz CT molecular complexity index is 1360. The summed E-state index contributed by atoms with van der Waals surface area (Å²) in [5, 5.41) is 3.10. The first-order chi connectivity index (χ1) is 17.3. The molecule has 188 valence electrons. The van der Waals surface area contributed by atoms with Crippen LogP contribution in [0.5, 0.6) is 17.2 Å². The largest absolute Gasteiger partial charge is 0.573 e. The van der Waals surface area contributed by atoms with E-state index in [1.54, 1.807) is 12.1 Å². The Morgan fingerprint density at radius 1 is 1.17 bits per heavy atom. The van der Waals surface area contributed by atoms with Crippen molar-refractivity contribution in [1.82, 2.24) is 14.9 Å². The third-order valence-electron chi connectivity index (χ3n) is 5.25. The van der Waals surface area contributed by atoms with Crippen molar-refractivity contribution in [3.63, 3.8) is 0 Å². The number of aryl methyl sites for hydroxylation is 1. The molecule has 0 fully saturated rings. The first-order valence-electron chi connectivity index (χ1n) is 10.7. The van der Waals surface area contributed by atoms with Crippen molar-refractivity contribution in [2.75, 3.05) is 18.3 Å². The Hall–Kier alpha value is -3.32. The van der Waals surface area contributed by atoms with E-state index in [1.165, 1.54) is 28.5 Å². The molecule has 36 heavy (non-hydrogen) atoms. The molecule has 2 aliphatic rings. The number of hydrogen-bond donors (Lipinski definition) is 1. The highest BCUT2D eigenvalue weighted by molar-refractivity contribution is 8.00. The molecule has 0 saturated heterocycles. The van der Waals surface area contributed by atoms with Crippen molar-refractivity contribution in [3.05, 3.63) is 64.1 Å². The number of aromatic nitrogens is 2. The van der Waals surface area contributed by atoms with Gasteiger partial charge < -0.3 is 19.5 Å². The van der Waals surface area contributed by atoms with E-state index < -0.39 is 12.1 Å². The summed E-state index contributed by atoms with van der Waals surface area (Å²) >= 11 is 2.46. The Labute approximate surface area is 211 Å². The molecule has 0 radical (unpaired) electrons. The zero-order valence-corrected chi connectivity index (χ0v) is 20.1. The van der Waals surface area contributed by atoms with Crippen LogP contribution in [0.25, 0.3) is 5.69 Å². The molecular weight excluding hydrogens is 519 g/mol. The van der Waals surface area contributed by atoms with Crippen molar-refractivity contribution >= 4 is 29.4 Å². The average molecular weight is 538 g/mol. The molecule has 2 aromatic carbocycles. The molecule has 3 heterocycles. The predicted molar refractivity (Wildman–Crippen MR) is 126 cm³/mol. The van der Waals surface area contributed by atoms with Crippen molar-refractivity contribution in [3.8, 4) is 22.9 Å². The summed E-state index contributed by atoms with van der Waals surface area (Å²) in [5.74, 6) is 1.28. The number of nitrogens with one attached hydrogen (secondary N) is 1. The molecule has 0 spiro atoms. The van der Waals surface area contributed by atoms with Gasteiger partial charge in [0.1, 0.15) is 5.75 Å². The van der Waals surface area contributed by atoms with Gasteiger partial charge in [0.2, 0.25) is 12.7 Å². The number of alkyl halides is 3. The third kappa shape index (κ3) is 5.41. The number of fused-ring (bicyclic) bond motifs is 2. The van der Waals surface area contributed by atoms with Crippen LogP contribution >= 0.6 is 23.5 Å². The van der Waals surface area contributed by atoms with Gasteiger partial charge in [-0.05, 0) is 42.0 Å². The quantitative estimate of drug-likeness (QED) is 0.358. The lowest BCUT2D eigenvalue weighted by atomic mass is 10.2. The van der Waals surface area contributed by atoms with Crippen LogP contribution in [-0.2, 0) is 17.8 Å². The van der Waals surface area contributed by atoms with Crippen molar-refractivity contribution in [1.29, 1.82) is 0 Å². The predicted octanol–water partition coefficient (Wildman–Crippen LogP) is 3.92. The van der Waals surface area contributed by atoms with Gasteiger partial charge >= 0.3 is 6.36 Å². The van der Waals surface area contributed by atoms with Crippen LogP contribution in [0, 0.1) is 0 Å². The zero-order valence-electron chi connectivity index (χ0n) is 18.5. The normalized spacial score (nSPS) is 14.0. The third-order valence-corrected chi connectivity index (χ3v) is 7.30. The summed E-state index contributed by atoms with van der Waals surface area (Å²) in [5.41, 5.74) is 1.49. The SMILES string of the molecule is O=C(CSc1nc2c(c(=O)n1-c1ccc(OC(F)(F)F)cc1)SCC2)NCc1ccc2c(c1)OCO2. The molecule has 5 rings (SSSR count). The van der Waals surface area contributed by atoms with Crippen LogP contribution in [-0.4, -0.2) is 40.1 Å². The van der Waals surface area contributed by atoms with E-state index in [4.69, 9.17) is 9.47 Å². The molecule has 13 heteroatoms. The van der Waals surface area contributed by atoms with Gasteiger partial charge in [0, 0.05) is 18.7 Å². The van der Waals surface area contributed by atoms with Gasteiger partial charge in [0.25, 0.3) is 5.56 Å². The highest BCUT2D eigenvalue weighted by Crippen LogP contribution is 2.33. The Balaban J connectivity index is 1.31. The van der Waals surface area contributed by atoms with E-state index in [0.29, 0.717) is 39.9 Å². The summed E-state index contributed by atoms with van der Waals surface area (Å²) in [7, 11) is 0. The maximum Gasteiger partial charge on any atom is 0.573 e. The summed E-state index contributed by atoms with van der Waals surface area (Å²) in [6.07, 6.45) is -4.20. The zero-order chi connectivity index (χ0) is 25.3. The molecular formula is C23H18F3N3O5S2. The van der Waals surface area contributed by atoms with Gasteiger partial charge in [-0.25, -0.2) is 4.98 Å². The molecule has 0 bridgehead atoms. The molecule has 1 amide bonds. The van der Waals surface area contributed by atoms with Crippen LogP contribution in [0.3, 0.4) is 0 Å². The number of carbonyl (C=O) groups excluding carboxylic acids is 1. The monoisotopic (exact) mass is 537 g/mol. The minimum atomic E-state index is -4.82. The highest BCUT2D eigenvalue weighted by Gasteiger charge is 2.31. The van der Waals surface area contributed by atoms with Crippen LogP contribution in [0.1, 0.15) is 11.3 Å². The second-order valence-corrected chi connectivity index (χ2v) is 9.75. The fourth-order valence-electron chi connectivity index (χ4n) is 3.65. The van der Waals surface area contributed by atoms with E-state index in [0.717, 1.165) is 29.5 Å². The Kier molecular flexibility index (Phi) is 6.75. The molecule has 0 saturated carbocycles. The molecule has 1 N–H and O–H groups in total. The summed E-state index contributed by atoms with van der Waals surface area (Å²) in [6, 6.07) is 10.3. The lowest BCUT2D eigenvalue weighted by molar-refractivity contribution is -0.274. The van der Waals surface area contributed by atoms with Crippen molar-refractivity contribution in [2.45, 2.75) is 29.4 Å². The first-order valence-corrected chi connectivity index (χ1v) is 12.7.